The van der Waals surface area contributed by atoms with Gasteiger partial charge >= 0.3 is 39.5 Å². The van der Waals surface area contributed by atoms with Crippen molar-refractivity contribution in [1.82, 2.24) is 0 Å². The number of esters is 4. The van der Waals surface area contributed by atoms with Gasteiger partial charge in [0.15, 0.2) is 12.2 Å². The molecule has 0 radical (unpaired) electrons. The number of aliphatic hydroxyl groups is 1. The Morgan fingerprint density at radius 2 is 0.480 bits per heavy atom. The van der Waals surface area contributed by atoms with E-state index in [0.717, 1.165) is 102 Å². The highest BCUT2D eigenvalue weighted by molar-refractivity contribution is 7.47. The fourth-order valence-corrected chi connectivity index (χ4v) is 14.1. The smallest absolute Gasteiger partial charge is 0.462 e. The number of carbonyl (C=O) groups is 4. The van der Waals surface area contributed by atoms with Gasteiger partial charge in [-0.05, 0) is 31.6 Å². The zero-order valence-corrected chi connectivity index (χ0v) is 67.1. The Labute approximate surface area is 613 Å². The lowest BCUT2D eigenvalue weighted by molar-refractivity contribution is -0.161. The van der Waals surface area contributed by atoms with Gasteiger partial charge < -0.3 is 33.8 Å². The average Bonchev–Trinajstić information content (AvgIpc) is 1.04. The minimum absolute atomic E-state index is 0.108. The van der Waals surface area contributed by atoms with E-state index in [1.54, 1.807) is 0 Å². The second-order valence-corrected chi connectivity index (χ2v) is 32.3. The molecular weight excluding hydrogens is 1310 g/mol. The first kappa shape index (κ1) is 98.1. The van der Waals surface area contributed by atoms with Crippen LogP contribution < -0.4 is 0 Å². The van der Waals surface area contributed by atoms with Crippen LogP contribution in [0.4, 0.5) is 0 Å². The summed E-state index contributed by atoms with van der Waals surface area (Å²) < 4.78 is 68.7. The lowest BCUT2D eigenvalue weighted by Crippen LogP contribution is -2.30. The molecule has 0 fully saturated rings. The molecule has 0 rings (SSSR count). The van der Waals surface area contributed by atoms with E-state index in [2.05, 4.69) is 34.6 Å². The van der Waals surface area contributed by atoms with Crippen molar-refractivity contribution in [3.63, 3.8) is 0 Å². The van der Waals surface area contributed by atoms with Crippen molar-refractivity contribution in [1.29, 1.82) is 0 Å². The van der Waals surface area contributed by atoms with Crippen molar-refractivity contribution in [3.05, 3.63) is 0 Å². The third-order valence-electron chi connectivity index (χ3n) is 19.4. The van der Waals surface area contributed by atoms with Gasteiger partial charge in [0.05, 0.1) is 26.4 Å². The van der Waals surface area contributed by atoms with E-state index >= 15 is 0 Å². The van der Waals surface area contributed by atoms with Gasteiger partial charge in [0.1, 0.15) is 19.3 Å². The maximum atomic E-state index is 13.1. The van der Waals surface area contributed by atoms with E-state index in [1.165, 1.54) is 250 Å². The van der Waals surface area contributed by atoms with Crippen LogP contribution in [0, 0.1) is 5.92 Å². The molecule has 0 aliphatic carbocycles. The normalized spacial score (nSPS) is 14.1. The second kappa shape index (κ2) is 73.9. The van der Waals surface area contributed by atoms with Crippen LogP contribution in [0.2, 0.25) is 0 Å². The largest absolute Gasteiger partial charge is 0.472 e. The molecule has 6 atom stereocenters. The molecule has 3 unspecified atom stereocenters. The standard InChI is InChI=1S/C81H158O17P2/c1-6-10-13-16-19-22-25-28-31-34-37-39-42-45-48-54-59-64-78(83)91-70-76(97-80(85)66-62-57-50-47-44-41-38-35-32-29-26-23-20-17-14-11-7-2)72-95-99(87,88)93-68-75(82)69-94-100(89,90)96-73-77(71-92-79(84)65-60-55-52-51-53-58-63-74(5)9-4)98-81(86)67-61-56-49-46-43-40-36-33-30-27-24-21-18-15-12-8-3/h74-77,82H,6-73H2,1-5H3,(H,87,88)(H,89,90)/t74?,75-,76-,77-/m1/s1. The van der Waals surface area contributed by atoms with Crippen molar-refractivity contribution >= 4 is 39.5 Å². The van der Waals surface area contributed by atoms with Crippen LogP contribution in [-0.4, -0.2) is 96.7 Å². The number of carbonyl (C=O) groups excluding carboxylic acids is 4. The van der Waals surface area contributed by atoms with Crippen LogP contribution in [0.1, 0.15) is 433 Å². The summed E-state index contributed by atoms with van der Waals surface area (Å²) in [4.78, 5) is 73.0. The van der Waals surface area contributed by atoms with Crippen molar-refractivity contribution in [3.8, 4) is 0 Å². The highest BCUT2D eigenvalue weighted by Crippen LogP contribution is 2.45. The van der Waals surface area contributed by atoms with E-state index in [-0.39, 0.29) is 25.7 Å². The van der Waals surface area contributed by atoms with Gasteiger partial charge in [0.25, 0.3) is 0 Å². The Kier molecular flexibility index (Phi) is 72.5. The molecule has 0 aromatic rings. The number of ether oxygens (including phenoxy) is 4. The molecule has 0 aliphatic rings. The summed E-state index contributed by atoms with van der Waals surface area (Å²) in [6.07, 6.45) is 65.2. The van der Waals surface area contributed by atoms with Crippen molar-refractivity contribution in [2.24, 2.45) is 5.92 Å². The van der Waals surface area contributed by atoms with Crippen LogP contribution in [0.15, 0.2) is 0 Å². The topological polar surface area (TPSA) is 237 Å². The van der Waals surface area contributed by atoms with E-state index in [0.29, 0.717) is 25.7 Å². The number of hydrogen-bond donors (Lipinski definition) is 3. The minimum Gasteiger partial charge on any atom is -0.462 e. The molecule has 0 bridgehead atoms. The van der Waals surface area contributed by atoms with Crippen LogP contribution in [-0.2, 0) is 65.4 Å². The van der Waals surface area contributed by atoms with Crippen LogP contribution in [0.3, 0.4) is 0 Å². The highest BCUT2D eigenvalue weighted by atomic mass is 31.2. The molecule has 0 aromatic heterocycles. The van der Waals surface area contributed by atoms with E-state index in [9.17, 15) is 43.2 Å². The first-order valence-electron chi connectivity index (χ1n) is 42.2. The van der Waals surface area contributed by atoms with Crippen molar-refractivity contribution < 1.29 is 80.2 Å². The molecule has 100 heavy (non-hydrogen) atoms. The molecule has 0 saturated heterocycles. The second-order valence-electron chi connectivity index (χ2n) is 29.4. The van der Waals surface area contributed by atoms with Gasteiger partial charge in [-0.2, -0.15) is 0 Å². The third-order valence-corrected chi connectivity index (χ3v) is 21.3. The minimum atomic E-state index is -4.96. The highest BCUT2D eigenvalue weighted by Gasteiger charge is 2.30. The number of phosphoric ester groups is 2. The average molecular weight is 1470 g/mol. The Hall–Kier alpha value is -1.94. The number of hydrogen-bond acceptors (Lipinski definition) is 15. The third kappa shape index (κ3) is 73.0. The molecule has 0 heterocycles. The molecule has 17 nitrogen and oxygen atoms in total. The molecule has 0 amide bonds. The fourth-order valence-electron chi connectivity index (χ4n) is 12.6. The van der Waals surface area contributed by atoms with Gasteiger partial charge in [0.2, 0.25) is 0 Å². The van der Waals surface area contributed by atoms with Gasteiger partial charge in [-0.15, -0.1) is 0 Å². The molecular formula is C81H158O17P2. The summed E-state index contributed by atoms with van der Waals surface area (Å²) in [5, 5.41) is 10.6. The lowest BCUT2D eigenvalue weighted by atomic mass is 10.00. The van der Waals surface area contributed by atoms with Crippen molar-refractivity contribution in [2.75, 3.05) is 39.6 Å². The molecule has 3 N–H and O–H groups in total. The number of rotatable bonds is 81. The predicted octanol–water partition coefficient (Wildman–Crippen LogP) is 24.4. The van der Waals surface area contributed by atoms with Crippen LogP contribution in [0.25, 0.3) is 0 Å². The summed E-state index contributed by atoms with van der Waals surface area (Å²) in [5.74, 6) is -1.37. The van der Waals surface area contributed by atoms with E-state index in [1.807, 2.05) is 0 Å². The fraction of sp³-hybridized carbons (Fsp3) is 0.951. The summed E-state index contributed by atoms with van der Waals surface area (Å²) >= 11 is 0. The number of unbranched alkanes of at least 4 members (excludes halogenated alkanes) is 52. The van der Waals surface area contributed by atoms with E-state index in [4.69, 9.17) is 37.0 Å². The number of aliphatic hydroxyl groups excluding tert-OH is 1. The van der Waals surface area contributed by atoms with Gasteiger partial charge in [-0.25, -0.2) is 9.13 Å². The van der Waals surface area contributed by atoms with Gasteiger partial charge in [-0.3, -0.25) is 37.3 Å². The predicted molar refractivity (Wildman–Crippen MR) is 409 cm³/mol. The Bertz CT molecular complexity index is 1910. The first-order valence-corrected chi connectivity index (χ1v) is 45.2. The Balaban J connectivity index is 5.24. The zero-order chi connectivity index (χ0) is 73.4. The molecule has 0 spiro atoms. The molecule has 0 aromatic carbocycles. The summed E-state index contributed by atoms with van der Waals surface area (Å²) in [6, 6.07) is 0. The summed E-state index contributed by atoms with van der Waals surface area (Å²) in [5.41, 5.74) is 0. The van der Waals surface area contributed by atoms with Crippen LogP contribution >= 0.6 is 15.6 Å². The molecule has 0 saturated carbocycles. The lowest BCUT2D eigenvalue weighted by Gasteiger charge is -2.21. The molecule has 0 aliphatic heterocycles. The molecule has 19 heteroatoms. The Morgan fingerprint density at radius 1 is 0.280 bits per heavy atom. The first-order chi connectivity index (χ1) is 48.6. The van der Waals surface area contributed by atoms with Gasteiger partial charge in [0, 0.05) is 25.7 Å². The monoisotopic (exact) mass is 1470 g/mol. The van der Waals surface area contributed by atoms with Gasteiger partial charge in [-0.1, -0.05) is 381 Å². The molecule has 594 valence electrons. The summed E-state index contributed by atoms with van der Waals surface area (Å²) in [6.45, 7) is 7.30. The van der Waals surface area contributed by atoms with Crippen LogP contribution in [0.5, 0.6) is 0 Å². The van der Waals surface area contributed by atoms with Crippen molar-refractivity contribution in [2.45, 2.75) is 451 Å². The van der Waals surface area contributed by atoms with E-state index < -0.39 is 97.5 Å². The maximum Gasteiger partial charge on any atom is 0.472 e. The SMILES string of the molecule is CCCCCCCCCCCCCCCCCCCC(=O)OC[C@H](COP(=O)(O)OC[C@@H](O)COP(=O)(O)OC[C@@H](COC(=O)CCCCCCCCC(C)CC)OC(=O)CCCCCCCCCCCCCCCCCC)OC(=O)CCCCCCCCCCCCCCCCCCC. The maximum absolute atomic E-state index is 13.1. The number of phosphoric acid groups is 2. The zero-order valence-electron chi connectivity index (χ0n) is 65.3. The Morgan fingerprint density at radius 3 is 0.710 bits per heavy atom. The summed E-state index contributed by atoms with van der Waals surface area (Å²) in [7, 11) is -9.92. The quantitative estimate of drug-likeness (QED) is 0.0222.